The molecular weight excluding hydrogens is 358 g/mol. The lowest BCUT2D eigenvalue weighted by Gasteiger charge is -2.37. The number of ether oxygens (including phenoxy) is 2. The number of likely N-dealkylation sites (tertiary alicyclic amines) is 1. The molecule has 1 fully saturated rings. The van der Waals surface area contributed by atoms with E-state index in [4.69, 9.17) is 4.74 Å². The van der Waals surface area contributed by atoms with Crippen molar-refractivity contribution in [1.29, 1.82) is 0 Å². The molecule has 0 radical (unpaired) electrons. The molecular formula is C22H29NO5. The first-order valence-electron chi connectivity index (χ1n) is 9.74. The topological polar surface area (TPSA) is 72.9 Å². The predicted molar refractivity (Wildman–Crippen MR) is 107 cm³/mol. The Morgan fingerprint density at radius 3 is 2.64 bits per heavy atom. The number of carbonyl (C=O) groups is 3. The van der Waals surface area contributed by atoms with Crippen molar-refractivity contribution in [2.24, 2.45) is 0 Å². The zero-order valence-electron chi connectivity index (χ0n) is 16.7. The summed E-state index contributed by atoms with van der Waals surface area (Å²) in [6.45, 7) is 2.53. The second kappa shape index (κ2) is 11.4. The summed E-state index contributed by atoms with van der Waals surface area (Å²) < 4.78 is 9.79. The fourth-order valence-electron chi connectivity index (χ4n) is 3.45. The molecule has 6 nitrogen and oxygen atoms in total. The summed E-state index contributed by atoms with van der Waals surface area (Å²) in [4.78, 5) is 37.4. The number of piperidine rings is 1. The van der Waals surface area contributed by atoms with E-state index >= 15 is 0 Å². The maximum atomic E-state index is 12.6. The number of nitrogens with zero attached hydrogens (tertiary/aromatic N) is 1. The third-order valence-corrected chi connectivity index (χ3v) is 4.77. The number of hydrogen-bond acceptors (Lipinski definition) is 5. The molecule has 0 aliphatic carbocycles. The number of ketones is 1. The summed E-state index contributed by atoms with van der Waals surface area (Å²) in [7, 11) is 1.33. The number of hydrogen-bond donors (Lipinski definition) is 0. The van der Waals surface area contributed by atoms with E-state index < -0.39 is 5.97 Å². The van der Waals surface area contributed by atoms with Crippen LogP contribution in [0.2, 0.25) is 0 Å². The van der Waals surface area contributed by atoms with E-state index in [0.717, 1.165) is 36.8 Å². The third-order valence-electron chi connectivity index (χ3n) is 4.77. The van der Waals surface area contributed by atoms with Gasteiger partial charge in [-0.05, 0) is 49.8 Å². The van der Waals surface area contributed by atoms with Crippen LogP contribution in [0.1, 0.15) is 44.6 Å². The van der Waals surface area contributed by atoms with E-state index in [-0.39, 0.29) is 24.3 Å². The molecule has 6 heteroatoms. The number of amides is 1. The Kier molecular flexibility index (Phi) is 8.88. The van der Waals surface area contributed by atoms with Crippen LogP contribution in [0.25, 0.3) is 5.57 Å². The fourth-order valence-corrected chi connectivity index (χ4v) is 3.45. The molecule has 1 heterocycles. The summed E-state index contributed by atoms with van der Waals surface area (Å²) in [5.74, 6) is -0.293. The van der Waals surface area contributed by atoms with Gasteiger partial charge in [0.15, 0.2) is 5.78 Å². The largest absolute Gasteiger partial charge is 0.467 e. The second-order valence-electron chi connectivity index (χ2n) is 6.91. The smallest absolute Gasteiger partial charge is 0.331 e. The van der Waals surface area contributed by atoms with Crippen LogP contribution in [0.3, 0.4) is 0 Å². The highest BCUT2D eigenvalue weighted by Crippen LogP contribution is 2.30. The normalized spacial score (nSPS) is 17.5. The van der Waals surface area contributed by atoms with E-state index in [9.17, 15) is 14.4 Å². The summed E-state index contributed by atoms with van der Waals surface area (Å²) in [6, 6.07) is 9.68. The molecule has 0 spiro atoms. The SMILES string of the molecule is COC(=O)COCCCCN1C(=O)CCCC1C(=CC(C)=O)c1ccccc1. The molecule has 1 saturated heterocycles. The molecule has 28 heavy (non-hydrogen) atoms. The van der Waals surface area contributed by atoms with Gasteiger partial charge in [0.25, 0.3) is 0 Å². The van der Waals surface area contributed by atoms with Crippen molar-refractivity contribution in [3.8, 4) is 0 Å². The van der Waals surface area contributed by atoms with Gasteiger partial charge in [-0.2, -0.15) is 0 Å². The Bertz CT molecular complexity index is 698. The number of benzene rings is 1. The van der Waals surface area contributed by atoms with Gasteiger partial charge in [-0.3, -0.25) is 9.59 Å². The lowest BCUT2D eigenvalue weighted by Crippen LogP contribution is -2.44. The van der Waals surface area contributed by atoms with Crippen molar-refractivity contribution in [3.63, 3.8) is 0 Å². The van der Waals surface area contributed by atoms with Crippen molar-refractivity contribution in [2.75, 3.05) is 26.9 Å². The zero-order valence-corrected chi connectivity index (χ0v) is 16.7. The first-order valence-corrected chi connectivity index (χ1v) is 9.74. The lowest BCUT2D eigenvalue weighted by molar-refractivity contribution is -0.145. The van der Waals surface area contributed by atoms with Crippen LogP contribution >= 0.6 is 0 Å². The Morgan fingerprint density at radius 1 is 1.21 bits per heavy atom. The number of methoxy groups -OCH3 is 1. The molecule has 1 aliphatic heterocycles. The number of allylic oxidation sites excluding steroid dienone is 1. The highest BCUT2D eigenvalue weighted by atomic mass is 16.6. The van der Waals surface area contributed by atoms with Gasteiger partial charge in [0, 0.05) is 19.6 Å². The van der Waals surface area contributed by atoms with Crippen molar-refractivity contribution in [1.82, 2.24) is 4.90 Å². The molecule has 1 aromatic carbocycles. The van der Waals surface area contributed by atoms with E-state index in [0.29, 0.717) is 19.6 Å². The minimum absolute atomic E-state index is 0.0203. The van der Waals surface area contributed by atoms with Crippen LogP contribution in [0.15, 0.2) is 36.4 Å². The van der Waals surface area contributed by atoms with Crippen molar-refractivity contribution < 1.29 is 23.9 Å². The summed E-state index contributed by atoms with van der Waals surface area (Å²) in [6.07, 6.45) is 5.38. The van der Waals surface area contributed by atoms with Gasteiger partial charge in [0.2, 0.25) is 5.91 Å². The summed E-state index contributed by atoms with van der Waals surface area (Å²) >= 11 is 0. The van der Waals surface area contributed by atoms with Gasteiger partial charge in [-0.1, -0.05) is 30.3 Å². The molecule has 1 amide bonds. The predicted octanol–water partition coefficient (Wildman–Crippen LogP) is 3.01. The molecule has 1 aromatic rings. The van der Waals surface area contributed by atoms with Crippen molar-refractivity contribution >= 4 is 23.2 Å². The first kappa shape index (κ1) is 21.8. The number of rotatable bonds is 10. The molecule has 152 valence electrons. The van der Waals surface area contributed by atoms with Gasteiger partial charge in [-0.15, -0.1) is 0 Å². The summed E-state index contributed by atoms with van der Waals surface area (Å²) in [5, 5.41) is 0. The zero-order chi connectivity index (χ0) is 20.4. The Balaban J connectivity index is 2.02. The number of carbonyl (C=O) groups excluding carboxylic acids is 3. The number of unbranched alkanes of at least 4 members (excludes halogenated alkanes) is 1. The van der Waals surface area contributed by atoms with E-state index in [2.05, 4.69) is 4.74 Å². The molecule has 0 aromatic heterocycles. The minimum atomic E-state index is -0.395. The lowest BCUT2D eigenvalue weighted by atomic mass is 9.89. The molecule has 1 atom stereocenters. The van der Waals surface area contributed by atoms with Crippen molar-refractivity contribution in [2.45, 2.75) is 45.1 Å². The average Bonchev–Trinajstić information content (AvgIpc) is 2.70. The molecule has 1 unspecified atom stereocenters. The van der Waals surface area contributed by atoms with Crippen LogP contribution in [0, 0.1) is 0 Å². The highest BCUT2D eigenvalue weighted by molar-refractivity contribution is 5.97. The fraction of sp³-hybridized carbons (Fsp3) is 0.500. The van der Waals surface area contributed by atoms with Gasteiger partial charge >= 0.3 is 5.97 Å². The van der Waals surface area contributed by atoms with E-state index in [1.807, 2.05) is 35.2 Å². The molecule has 1 aliphatic rings. The Hall–Kier alpha value is -2.47. The van der Waals surface area contributed by atoms with Gasteiger partial charge < -0.3 is 14.4 Å². The monoisotopic (exact) mass is 387 g/mol. The van der Waals surface area contributed by atoms with Crippen LogP contribution in [-0.4, -0.2) is 55.5 Å². The molecule has 0 bridgehead atoms. The van der Waals surface area contributed by atoms with Crippen LogP contribution in [0.4, 0.5) is 0 Å². The Labute approximate surface area is 166 Å². The maximum absolute atomic E-state index is 12.6. The average molecular weight is 387 g/mol. The van der Waals surface area contributed by atoms with Crippen LogP contribution in [0.5, 0.6) is 0 Å². The minimum Gasteiger partial charge on any atom is -0.467 e. The maximum Gasteiger partial charge on any atom is 0.331 e. The Morgan fingerprint density at radius 2 is 1.96 bits per heavy atom. The quantitative estimate of drug-likeness (QED) is 0.351. The van der Waals surface area contributed by atoms with Crippen LogP contribution < -0.4 is 0 Å². The molecule has 0 N–H and O–H groups in total. The first-order chi connectivity index (χ1) is 13.5. The second-order valence-corrected chi connectivity index (χ2v) is 6.91. The van der Waals surface area contributed by atoms with Gasteiger partial charge in [0.1, 0.15) is 6.61 Å². The van der Waals surface area contributed by atoms with Crippen molar-refractivity contribution in [3.05, 3.63) is 42.0 Å². The van der Waals surface area contributed by atoms with Crippen LogP contribution in [-0.2, 0) is 23.9 Å². The van der Waals surface area contributed by atoms with Gasteiger partial charge in [0.05, 0.1) is 13.2 Å². The highest BCUT2D eigenvalue weighted by Gasteiger charge is 2.30. The summed E-state index contributed by atoms with van der Waals surface area (Å²) in [5.41, 5.74) is 1.88. The standard InChI is InChI=1S/C22H29NO5/c1-17(24)15-19(18-9-4-3-5-10-18)20-11-8-12-21(25)23(20)13-6-7-14-28-16-22(26)27-2/h3-5,9-10,15,20H,6-8,11-14,16H2,1-2H3. The number of esters is 1. The molecule has 2 rings (SSSR count). The third kappa shape index (κ3) is 6.60. The van der Waals surface area contributed by atoms with E-state index in [1.54, 1.807) is 6.08 Å². The molecule has 0 saturated carbocycles. The van der Waals surface area contributed by atoms with E-state index in [1.165, 1.54) is 14.0 Å². The van der Waals surface area contributed by atoms with Gasteiger partial charge in [-0.25, -0.2) is 4.79 Å².